The summed E-state index contributed by atoms with van der Waals surface area (Å²) in [6.07, 6.45) is 0. The molecule has 10 nitrogen and oxygen atoms in total. The lowest BCUT2D eigenvalue weighted by Crippen LogP contribution is -2.22. The minimum Gasteiger partial charge on any atom is -0.497 e. The number of fused-ring (bicyclic) bond motifs is 1. The molecule has 0 saturated carbocycles. The molecule has 186 valence electrons. The Kier molecular flexibility index (Phi) is 6.93. The van der Waals surface area contributed by atoms with E-state index in [1.807, 2.05) is 6.07 Å². The SMILES string of the molecule is COc1cc(Nc2nc3ccccc3nc2NS(=O)(=O)c2ccc(C(=O)N(C)C)cc2)cc(OC)c1. The van der Waals surface area contributed by atoms with E-state index in [0.717, 1.165) is 0 Å². The Morgan fingerprint density at radius 3 is 1.92 bits per heavy atom. The summed E-state index contributed by atoms with van der Waals surface area (Å²) in [5, 5.41) is 3.11. The summed E-state index contributed by atoms with van der Waals surface area (Å²) in [5.74, 6) is 1.05. The fourth-order valence-corrected chi connectivity index (χ4v) is 4.40. The fourth-order valence-electron chi connectivity index (χ4n) is 3.40. The number of benzene rings is 3. The van der Waals surface area contributed by atoms with Crippen LogP contribution in [0.1, 0.15) is 10.4 Å². The number of carbonyl (C=O) groups is 1. The zero-order valence-corrected chi connectivity index (χ0v) is 21.0. The van der Waals surface area contributed by atoms with E-state index in [-0.39, 0.29) is 22.4 Å². The molecule has 0 aliphatic carbocycles. The number of aromatic nitrogens is 2. The molecule has 1 amide bonds. The molecule has 4 aromatic rings. The van der Waals surface area contributed by atoms with Gasteiger partial charge in [0, 0.05) is 43.5 Å². The van der Waals surface area contributed by atoms with Gasteiger partial charge in [0.05, 0.1) is 30.1 Å². The van der Waals surface area contributed by atoms with E-state index in [2.05, 4.69) is 20.0 Å². The Hall–Kier alpha value is -4.38. The van der Waals surface area contributed by atoms with E-state index in [1.54, 1.807) is 50.5 Å². The third-order valence-electron chi connectivity index (χ3n) is 5.23. The Labute approximate surface area is 209 Å². The summed E-state index contributed by atoms with van der Waals surface area (Å²) in [6, 6.07) is 17.9. The molecule has 2 N–H and O–H groups in total. The van der Waals surface area contributed by atoms with Gasteiger partial charge >= 0.3 is 0 Å². The van der Waals surface area contributed by atoms with E-state index in [1.165, 1.54) is 43.4 Å². The molecule has 0 fully saturated rings. The van der Waals surface area contributed by atoms with Crippen LogP contribution >= 0.6 is 0 Å². The molecule has 0 saturated heterocycles. The fraction of sp³-hybridized carbons (Fsp3) is 0.160. The number of nitrogens with one attached hydrogen (secondary N) is 2. The molecule has 0 bridgehead atoms. The number of anilines is 3. The summed E-state index contributed by atoms with van der Waals surface area (Å²) < 4.78 is 39.6. The first-order chi connectivity index (χ1) is 17.2. The van der Waals surface area contributed by atoms with Crippen LogP contribution in [0.5, 0.6) is 11.5 Å². The maximum absolute atomic E-state index is 13.2. The van der Waals surface area contributed by atoms with Crippen molar-refractivity contribution in [1.29, 1.82) is 0 Å². The average molecular weight is 508 g/mol. The van der Waals surface area contributed by atoms with Gasteiger partial charge in [0.2, 0.25) is 0 Å². The van der Waals surface area contributed by atoms with E-state index in [0.29, 0.717) is 33.8 Å². The van der Waals surface area contributed by atoms with Crippen LogP contribution in [0, 0.1) is 0 Å². The monoisotopic (exact) mass is 507 g/mol. The molecule has 0 radical (unpaired) electrons. The number of hydrogen-bond acceptors (Lipinski definition) is 8. The second-order valence-electron chi connectivity index (χ2n) is 7.97. The summed E-state index contributed by atoms with van der Waals surface area (Å²) >= 11 is 0. The van der Waals surface area contributed by atoms with Crippen molar-refractivity contribution < 1.29 is 22.7 Å². The lowest BCUT2D eigenvalue weighted by molar-refractivity contribution is 0.0827. The molecule has 1 heterocycles. The van der Waals surface area contributed by atoms with Gasteiger partial charge in [-0.1, -0.05) is 12.1 Å². The third kappa shape index (κ3) is 5.31. The lowest BCUT2D eigenvalue weighted by Gasteiger charge is -2.15. The Balaban J connectivity index is 1.73. The maximum Gasteiger partial charge on any atom is 0.263 e. The van der Waals surface area contributed by atoms with Gasteiger partial charge in [0.15, 0.2) is 11.6 Å². The predicted molar refractivity (Wildman–Crippen MR) is 138 cm³/mol. The van der Waals surface area contributed by atoms with E-state index < -0.39 is 10.0 Å². The smallest absolute Gasteiger partial charge is 0.263 e. The minimum atomic E-state index is -4.05. The zero-order valence-electron chi connectivity index (χ0n) is 20.1. The molecule has 0 aliphatic heterocycles. The third-order valence-corrected chi connectivity index (χ3v) is 6.59. The lowest BCUT2D eigenvalue weighted by atomic mass is 10.2. The summed E-state index contributed by atoms with van der Waals surface area (Å²) in [7, 11) is 2.26. The number of hydrogen-bond donors (Lipinski definition) is 2. The van der Waals surface area contributed by atoms with Crippen molar-refractivity contribution in [3.8, 4) is 11.5 Å². The van der Waals surface area contributed by atoms with Gasteiger partial charge in [0.25, 0.3) is 15.9 Å². The number of nitrogens with zero attached hydrogens (tertiary/aromatic N) is 3. The Morgan fingerprint density at radius 1 is 0.833 bits per heavy atom. The first-order valence-corrected chi connectivity index (χ1v) is 12.3. The highest BCUT2D eigenvalue weighted by atomic mass is 32.2. The molecule has 0 aliphatic rings. The molecule has 4 rings (SSSR count). The number of sulfonamides is 1. The number of amides is 1. The number of methoxy groups -OCH3 is 2. The van der Waals surface area contributed by atoms with Crippen molar-refractivity contribution in [2.24, 2.45) is 0 Å². The number of carbonyl (C=O) groups excluding carboxylic acids is 1. The van der Waals surface area contributed by atoms with Crippen LogP contribution in [0.15, 0.2) is 71.6 Å². The van der Waals surface area contributed by atoms with Crippen LogP contribution in [0.2, 0.25) is 0 Å². The van der Waals surface area contributed by atoms with Crippen LogP contribution in [0.3, 0.4) is 0 Å². The standard InChI is InChI=1S/C25H25N5O5S/c1-30(2)25(31)16-9-11-20(12-10-16)36(32,33)29-24-23(27-21-7-5-6-8-22(21)28-24)26-17-13-18(34-3)15-19(14-17)35-4/h5-15H,1-4H3,(H,26,27)(H,28,29). The van der Waals surface area contributed by atoms with E-state index in [9.17, 15) is 13.2 Å². The van der Waals surface area contributed by atoms with Gasteiger partial charge in [-0.2, -0.15) is 0 Å². The maximum atomic E-state index is 13.2. The van der Waals surface area contributed by atoms with Gasteiger partial charge in [-0.15, -0.1) is 0 Å². The quantitative estimate of drug-likeness (QED) is 0.368. The second-order valence-corrected chi connectivity index (χ2v) is 9.65. The van der Waals surface area contributed by atoms with Gasteiger partial charge in [-0.25, -0.2) is 18.4 Å². The topological polar surface area (TPSA) is 123 Å². The van der Waals surface area contributed by atoms with Crippen LogP contribution < -0.4 is 19.5 Å². The first-order valence-electron chi connectivity index (χ1n) is 10.8. The first kappa shape index (κ1) is 24.7. The summed E-state index contributed by atoms with van der Waals surface area (Å²) in [4.78, 5) is 22.6. The Bertz CT molecular complexity index is 1500. The molecule has 1 aromatic heterocycles. The highest BCUT2D eigenvalue weighted by Gasteiger charge is 2.20. The van der Waals surface area contributed by atoms with Gasteiger partial charge in [-0.05, 0) is 36.4 Å². The van der Waals surface area contributed by atoms with Crippen LogP contribution in [-0.4, -0.2) is 57.5 Å². The molecule has 36 heavy (non-hydrogen) atoms. The van der Waals surface area contributed by atoms with Crippen molar-refractivity contribution in [2.45, 2.75) is 4.90 Å². The molecule has 0 spiro atoms. The van der Waals surface area contributed by atoms with Crippen molar-refractivity contribution in [3.63, 3.8) is 0 Å². The van der Waals surface area contributed by atoms with Crippen molar-refractivity contribution in [2.75, 3.05) is 38.4 Å². The highest BCUT2D eigenvalue weighted by Crippen LogP contribution is 2.31. The van der Waals surface area contributed by atoms with Gasteiger partial charge in [0.1, 0.15) is 11.5 Å². The van der Waals surface area contributed by atoms with Gasteiger partial charge < -0.3 is 19.7 Å². The van der Waals surface area contributed by atoms with Gasteiger partial charge in [-0.3, -0.25) is 9.52 Å². The molecular formula is C25H25N5O5S. The van der Waals surface area contributed by atoms with Crippen LogP contribution in [0.25, 0.3) is 11.0 Å². The number of para-hydroxylation sites is 2. The second kappa shape index (κ2) is 10.1. The number of ether oxygens (including phenoxy) is 2. The summed E-state index contributed by atoms with van der Waals surface area (Å²) in [6.45, 7) is 0. The molecule has 3 aromatic carbocycles. The van der Waals surface area contributed by atoms with E-state index >= 15 is 0 Å². The predicted octanol–water partition coefficient (Wildman–Crippen LogP) is 3.89. The van der Waals surface area contributed by atoms with E-state index in [4.69, 9.17) is 9.47 Å². The Morgan fingerprint density at radius 2 is 1.39 bits per heavy atom. The zero-order chi connectivity index (χ0) is 25.9. The highest BCUT2D eigenvalue weighted by molar-refractivity contribution is 7.92. The van der Waals surface area contributed by atoms with Crippen LogP contribution in [0.4, 0.5) is 17.3 Å². The molecule has 11 heteroatoms. The minimum absolute atomic E-state index is 0.00364. The van der Waals surface area contributed by atoms with Crippen molar-refractivity contribution in [1.82, 2.24) is 14.9 Å². The van der Waals surface area contributed by atoms with Crippen molar-refractivity contribution in [3.05, 3.63) is 72.3 Å². The van der Waals surface area contributed by atoms with Crippen LogP contribution in [-0.2, 0) is 10.0 Å². The molecular weight excluding hydrogens is 482 g/mol. The number of rotatable bonds is 8. The average Bonchev–Trinajstić information content (AvgIpc) is 2.88. The normalized spacial score (nSPS) is 11.1. The molecule has 0 atom stereocenters. The molecule has 0 unspecified atom stereocenters. The van der Waals surface area contributed by atoms with Crippen molar-refractivity contribution >= 4 is 44.3 Å². The summed E-state index contributed by atoms with van der Waals surface area (Å²) in [5.41, 5.74) is 2.02. The largest absolute Gasteiger partial charge is 0.497 e.